The topological polar surface area (TPSA) is 17.8 Å². The summed E-state index contributed by atoms with van der Waals surface area (Å²) < 4.78 is 17.0. The van der Waals surface area contributed by atoms with Crippen LogP contribution in [0.4, 0.5) is 4.39 Å². The summed E-state index contributed by atoms with van der Waals surface area (Å²) in [5, 5.41) is -0.297. The SMILES string of the molecule is CC(Cl)c1nc2cc(Br)ccc2n1-c1cccc(Cl)c1F. The van der Waals surface area contributed by atoms with Crippen LogP contribution in [-0.2, 0) is 0 Å². The Bertz CT molecular complexity index is 830. The van der Waals surface area contributed by atoms with E-state index in [1.807, 2.05) is 18.2 Å². The summed E-state index contributed by atoms with van der Waals surface area (Å²) in [7, 11) is 0. The first kappa shape index (κ1) is 14.8. The Morgan fingerprint density at radius 1 is 1.29 bits per heavy atom. The highest BCUT2D eigenvalue weighted by Gasteiger charge is 2.19. The number of fused-ring (bicyclic) bond motifs is 1. The Kier molecular flexibility index (Phi) is 3.95. The van der Waals surface area contributed by atoms with Gasteiger partial charge in [0.15, 0.2) is 5.82 Å². The van der Waals surface area contributed by atoms with Crippen LogP contribution in [0.1, 0.15) is 18.1 Å². The summed E-state index contributed by atoms with van der Waals surface area (Å²) in [4.78, 5) is 4.51. The molecule has 2 nitrogen and oxygen atoms in total. The predicted octanol–water partition coefficient (Wildman–Crippen LogP) is 5.88. The fourth-order valence-electron chi connectivity index (χ4n) is 2.26. The fraction of sp³-hybridized carbons (Fsp3) is 0.133. The lowest BCUT2D eigenvalue weighted by atomic mass is 10.2. The molecular weight excluding hydrogens is 378 g/mol. The standard InChI is InChI=1S/C15H10BrCl2FN2/c1-8(17)15-20-11-7-9(16)5-6-12(11)21(15)13-4-2-3-10(18)14(13)19/h2-8H,1H3. The van der Waals surface area contributed by atoms with Crippen LogP contribution in [0.15, 0.2) is 40.9 Å². The molecule has 21 heavy (non-hydrogen) atoms. The molecule has 0 aliphatic heterocycles. The third-order valence-electron chi connectivity index (χ3n) is 3.17. The molecular formula is C15H10BrCl2FN2. The number of rotatable bonds is 2. The van der Waals surface area contributed by atoms with E-state index in [2.05, 4.69) is 20.9 Å². The summed E-state index contributed by atoms with van der Waals surface area (Å²) in [5.74, 6) is 0.0888. The number of halogens is 4. The summed E-state index contributed by atoms with van der Waals surface area (Å²) >= 11 is 15.5. The van der Waals surface area contributed by atoms with Gasteiger partial charge in [-0.1, -0.05) is 33.6 Å². The maximum atomic E-state index is 14.4. The lowest BCUT2D eigenvalue weighted by molar-refractivity contribution is 0.617. The number of hydrogen-bond acceptors (Lipinski definition) is 1. The fourth-order valence-corrected chi connectivity index (χ4v) is 2.92. The Labute approximate surface area is 139 Å². The minimum Gasteiger partial charge on any atom is -0.292 e. The molecule has 1 atom stereocenters. The molecule has 0 N–H and O–H groups in total. The molecule has 0 bridgehead atoms. The van der Waals surface area contributed by atoms with Crippen LogP contribution in [0.25, 0.3) is 16.7 Å². The van der Waals surface area contributed by atoms with Crippen molar-refractivity contribution in [3.05, 3.63) is 57.5 Å². The lowest BCUT2D eigenvalue weighted by Crippen LogP contribution is -2.04. The van der Waals surface area contributed by atoms with E-state index in [9.17, 15) is 4.39 Å². The normalized spacial score (nSPS) is 12.8. The quantitative estimate of drug-likeness (QED) is 0.502. The van der Waals surface area contributed by atoms with E-state index in [1.54, 1.807) is 23.6 Å². The van der Waals surface area contributed by atoms with E-state index in [4.69, 9.17) is 23.2 Å². The van der Waals surface area contributed by atoms with Crippen LogP contribution in [0.2, 0.25) is 5.02 Å². The number of alkyl halides is 1. The van der Waals surface area contributed by atoms with E-state index in [0.717, 1.165) is 15.5 Å². The number of benzene rings is 2. The van der Waals surface area contributed by atoms with Gasteiger partial charge in [0, 0.05) is 4.47 Å². The van der Waals surface area contributed by atoms with Crippen LogP contribution in [-0.4, -0.2) is 9.55 Å². The van der Waals surface area contributed by atoms with Gasteiger partial charge in [0.2, 0.25) is 0 Å². The van der Waals surface area contributed by atoms with Gasteiger partial charge in [-0.25, -0.2) is 9.37 Å². The first-order valence-corrected chi connectivity index (χ1v) is 7.86. The van der Waals surface area contributed by atoms with Gasteiger partial charge >= 0.3 is 0 Å². The molecule has 0 aliphatic rings. The van der Waals surface area contributed by atoms with Crippen molar-refractivity contribution in [3.8, 4) is 5.69 Å². The Hall–Kier alpha value is -1.10. The first-order valence-electron chi connectivity index (χ1n) is 6.25. The molecule has 0 spiro atoms. The molecule has 0 amide bonds. The molecule has 2 aromatic carbocycles. The van der Waals surface area contributed by atoms with Crippen molar-refractivity contribution in [1.29, 1.82) is 0 Å². The van der Waals surface area contributed by atoms with Crippen LogP contribution in [0.5, 0.6) is 0 Å². The molecule has 3 aromatic rings. The zero-order valence-electron chi connectivity index (χ0n) is 10.9. The van der Waals surface area contributed by atoms with E-state index < -0.39 is 5.82 Å². The molecule has 1 heterocycles. The Morgan fingerprint density at radius 2 is 2.05 bits per heavy atom. The third kappa shape index (κ3) is 2.56. The second-order valence-corrected chi connectivity index (χ2v) is 6.60. The zero-order valence-corrected chi connectivity index (χ0v) is 14.0. The highest BCUT2D eigenvalue weighted by Crippen LogP contribution is 2.32. The highest BCUT2D eigenvalue weighted by molar-refractivity contribution is 9.10. The zero-order chi connectivity index (χ0) is 15.1. The van der Waals surface area contributed by atoms with Crippen molar-refractivity contribution in [3.63, 3.8) is 0 Å². The van der Waals surface area contributed by atoms with Crippen LogP contribution >= 0.6 is 39.1 Å². The molecule has 0 fully saturated rings. The van der Waals surface area contributed by atoms with Gasteiger partial charge < -0.3 is 0 Å². The summed E-state index contributed by atoms with van der Waals surface area (Å²) in [6, 6.07) is 10.5. The van der Waals surface area contributed by atoms with Crippen LogP contribution in [0.3, 0.4) is 0 Å². The van der Waals surface area contributed by atoms with Gasteiger partial charge in [0.1, 0.15) is 5.82 Å². The average molecular weight is 388 g/mol. The molecule has 0 aliphatic carbocycles. The number of imidazole rings is 1. The van der Waals surface area contributed by atoms with Gasteiger partial charge in [-0.3, -0.25) is 4.57 Å². The van der Waals surface area contributed by atoms with Crippen molar-refractivity contribution in [2.24, 2.45) is 0 Å². The van der Waals surface area contributed by atoms with Crippen molar-refractivity contribution in [2.75, 3.05) is 0 Å². The summed E-state index contributed by atoms with van der Waals surface area (Å²) in [6.45, 7) is 1.80. The predicted molar refractivity (Wildman–Crippen MR) is 88.0 cm³/mol. The van der Waals surface area contributed by atoms with Crippen molar-refractivity contribution >= 4 is 50.2 Å². The van der Waals surface area contributed by atoms with Crippen molar-refractivity contribution in [2.45, 2.75) is 12.3 Å². The van der Waals surface area contributed by atoms with Gasteiger partial charge in [-0.2, -0.15) is 0 Å². The van der Waals surface area contributed by atoms with Crippen LogP contribution in [0, 0.1) is 5.82 Å². The minimum absolute atomic E-state index is 0.0691. The monoisotopic (exact) mass is 386 g/mol. The Morgan fingerprint density at radius 3 is 2.76 bits per heavy atom. The maximum Gasteiger partial charge on any atom is 0.165 e. The van der Waals surface area contributed by atoms with Gasteiger partial charge in [-0.15, -0.1) is 11.6 Å². The Balaban J connectivity index is 2.39. The molecule has 1 aromatic heterocycles. The molecule has 0 saturated carbocycles. The van der Waals surface area contributed by atoms with Crippen LogP contribution < -0.4 is 0 Å². The largest absolute Gasteiger partial charge is 0.292 e. The lowest BCUT2D eigenvalue weighted by Gasteiger charge is -2.12. The smallest absolute Gasteiger partial charge is 0.165 e. The van der Waals surface area contributed by atoms with Gasteiger partial charge in [0.25, 0.3) is 0 Å². The van der Waals surface area contributed by atoms with Crippen molar-refractivity contribution in [1.82, 2.24) is 9.55 Å². The molecule has 1 unspecified atom stereocenters. The van der Waals surface area contributed by atoms with E-state index in [1.165, 1.54) is 6.07 Å². The van der Waals surface area contributed by atoms with E-state index in [-0.39, 0.29) is 10.4 Å². The molecule has 0 radical (unpaired) electrons. The van der Waals surface area contributed by atoms with Gasteiger partial charge in [0.05, 0.1) is 27.1 Å². The van der Waals surface area contributed by atoms with E-state index in [0.29, 0.717) is 11.5 Å². The third-order valence-corrected chi connectivity index (χ3v) is 4.15. The maximum absolute atomic E-state index is 14.4. The average Bonchev–Trinajstić information content (AvgIpc) is 2.80. The first-order chi connectivity index (χ1) is 9.99. The number of aromatic nitrogens is 2. The second-order valence-electron chi connectivity index (χ2n) is 4.63. The highest BCUT2D eigenvalue weighted by atomic mass is 79.9. The summed E-state index contributed by atoms with van der Waals surface area (Å²) in [5.41, 5.74) is 1.86. The minimum atomic E-state index is -0.486. The van der Waals surface area contributed by atoms with E-state index >= 15 is 0 Å². The summed E-state index contributed by atoms with van der Waals surface area (Å²) in [6.07, 6.45) is 0. The number of hydrogen-bond donors (Lipinski definition) is 0. The van der Waals surface area contributed by atoms with Gasteiger partial charge in [-0.05, 0) is 37.3 Å². The molecule has 0 saturated heterocycles. The van der Waals surface area contributed by atoms with Crippen molar-refractivity contribution < 1.29 is 4.39 Å². The molecule has 6 heteroatoms. The second kappa shape index (κ2) is 5.59. The number of nitrogens with zero attached hydrogens (tertiary/aromatic N) is 2. The molecule has 108 valence electrons. The molecule has 3 rings (SSSR count).